The van der Waals surface area contributed by atoms with Gasteiger partial charge in [0.1, 0.15) is 17.1 Å². The van der Waals surface area contributed by atoms with E-state index in [2.05, 4.69) is 34.2 Å². The van der Waals surface area contributed by atoms with E-state index in [9.17, 15) is 4.79 Å². The molecule has 2 aromatic carbocycles. The molecule has 35 heavy (non-hydrogen) atoms. The van der Waals surface area contributed by atoms with Crippen molar-refractivity contribution in [1.82, 2.24) is 20.4 Å². The van der Waals surface area contributed by atoms with Gasteiger partial charge in [-0.3, -0.25) is 9.69 Å². The van der Waals surface area contributed by atoms with Crippen LogP contribution in [0.15, 0.2) is 53.1 Å². The number of rotatable bonds is 6. The summed E-state index contributed by atoms with van der Waals surface area (Å²) in [5, 5.41) is 7.41. The summed E-state index contributed by atoms with van der Waals surface area (Å²) < 4.78 is 17.0. The van der Waals surface area contributed by atoms with Gasteiger partial charge in [-0.2, -0.15) is 4.98 Å². The van der Waals surface area contributed by atoms with Crippen LogP contribution in [0.3, 0.4) is 0 Å². The number of methoxy groups -OCH3 is 1. The Bertz CT molecular complexity index is 1170. The Hall–Kier alpha value is -3.39. The molecule has 0 spiro atoms. The number of hydrogen-bond acceptors (Lipinski definition) is 7. The first-order chi connectivity index (χ1) is 16.9. The predicted octanol–water partition coefficient (Wildman–Crippen LogP) is 4.38. The van der Waals surface area contributed by atoms with Crippen molar-refractivity contribution in [3.8, 4) is 22.9 Å². The number of carbonyl (C=O) groups excluding carboxylic acids is 1. The third kappa shape index (κ3) is 5.32. The van der Waals surface area contributed by atoms with Gasteiger partial charge in [-0.05, 0) is 58.0 Å². The molecular formula is C27H32N4O4. The summed E-state index contributed by atoms with van der Waals surface area (Å²) >= 11 is 0. The lowest BCUT2D eigenvalue weighted by atomic mass is 9.88. The smallest absolute Gasteiger partial charge is 0.241 e. The average Bonchev–Trinajstić information content (AvgIpc) is 3.32. The fourth-order valence-electron chi connectivity index (χ4n) is 4.95. The molecule has 0 radical (unpaired) electrons. The molecule has 0 aliphatic carbocycles. The van der Waals surface area contributed by atoms with E-state index in [1.165, 1.54) is 0 Å². The molecule has 3 heterocycles. The van der Waals surface area contributed by atoms with E-state index in [0.29, 0.717) is 24.7 Å². The Morgan fingerprint density at radius 1 is 1.17 bits per heavy atom. The van der Waals surface area contributed by atoms with E-state index in [4.69, 9.17) is 14.0 Å². The number of amides is 1. The molecule has 1 fully saturated rings. The lowest BCUT2D eigenvalue weighted by molar-refractivity contribution is -0.127. The first-order valence-electron chi connectivity index (χ1n) is 12.2. The van der Waals surface area contributed by atoms with Gasteiger partial charge in [-0.15, -0.1) is 0 Å². The van der Waals surface area contributed by atoms with Crippen LogP contribution in [-0.4, -0.2) is 46.7 Å². The van der Waals surface area contributed by atoms with E-state index in [1.54, 1.807) is 7.11 Å². The minimum atomic E-state index is -0.356. The third-order valence-corrected chi connectivity index (χ3v) is 6.81. The van der Waals surface area contributed by atoms with Crippen molar-refractivity contribution < 1.29 is 18.8 Å². The lowest BCUT2D eigenvalue weighted by Crippen LogP contribution is -2.45. The number of aromatic nitrogens is 2. The van der Waals surface area contributed by atoms with Crippen molar-refractivity contribution in [2.75, 3.05) is 20.2 Å². The van der Waals surface area contributed by atoms with Crippen molar-refractivity contribution in [3.63, 3.8) is 0 Å². The Kier molecular flexibility index (Phi) is 6.47. The van der Waals surface area contributed by atoms with Crippen LogP contribution in [0.5, 0.6) is 11.5 Å². The molecule has 5 rings (SSSR count). The lowest BCUT2D eigenvalue weighted by Gasteiger charge is -2.39. The molecule has 8 heteroatoms. The average molecular weight is 477 g/mol. The largest absolute Gasteiger partial charge is 0.497 e. The third-order valence-electron chi connectivity index (χ3n) is 6.81. The van der Waals surface area contributed by atoms with Crippen LogP contribution < -0.4 is 14.8 Å². The van der Waals surface area contributed by atoms with Gasteiger partial charge in [0.2, 0.25) is 17.6 Å². The summed E-state index contributed by atoms with van der Waals surface area (Å²) in [7, 11) is 1.65. The highest BCUT2D eigenvalue weighted by Crippen LogP contribution is 2.41. The standard InChI is InChI=1S/C27H32N4O4/c1-27(2)16-22(21-15-20(33-3)9-10-23(21)34-27)28-26(32)19-11-13-31(14-12-19)17-24-29-25(30-35-24)18-7-5-4-6-8-18/h4-10,15,19,22H,11-14,16-17H2,1-3H3,(H,28,32). The molecule has 1 amide bonds. The summed E-state index contributed by atoms with van der Waals surface area (Å²) in [6.45, 7) is 6.32. The number of likely N-dealkylation sites (tertiary alicyclic amines) is 1. The maximum atomic E-state index is 13.2. The van der Waals surface area contributed by atoms with E-state index in [0.717, 1.165) is 48.6 Å². The minimum absolute atomic E-state index is 0.0196. The number of hydrogen-bond donors (Lipinski definition) is 1. The number of fused-ring (bicyclic) bond motifs is 1. The number of benzene rings is 2. The second-order valence-corrected chi connectivity index (χ2v) is 9.96. The summed E-state index contributed by atoms with van der Waals surface area (Å²) in [5.74, 6) is 2.85. The number of nitrogens with zero attached hydrogens (tertiary/aromatic N) is 3. The Labute approximate surface area is 205 Å². The molecule has 2 aliphatic heterocycles. The van der Waals surface area contributed by atoms with Crippen molar-refractivity contribution in [2.45, 2.75) is 51.3 Å². The van der Waals surface area contributed by atoms with Crippen LogP contribution in [0.4, 0.5) is 0 Å². The summed E-state index contributed by atoms with van der Waals surface area (Å²) in [4.78, 5) is 20.0. The fraction of sp³-hybridized carbons (Fsp3) is 0.444. The van der Waals surface area contributed by atoms with Gasteiger partial charge >= 0.3 is 0 Å². The van der Waals surface area contributed by atoms with Gasteiger partial charge < -0.3 is 19.3 Å². The quantitative estimate of drug-likeness (QED) is 0.565. The van der Waals surface area contributed by atoms with Crippen LogP contribution in [0.2, 0.25) is 0 Å². The summed E-state index contributed by atoms with van der Waals surface area (Å²) in [6, 6.07) is 15.5. The Morgan fingerprint density at radius 2 is 1.94 bits per heavy atom. The predicted molar refractivity (Wildman–Crippen MR) is 131 cm³/mol. The highest BCUT2D eigenvalue weighted by Gasteiger charge is 2.36. The molecular weight excluding hydrogens is 444 g/mol. The molecule has 184 valence electrons. The van der Waals surface area contributed by atoms with Crippen LogP contribution in [0.25, 0.3) is 11.4 Å². The summed E-state index contributed by atoms with van der Waals surface area (Å²) in [6.07, 6.45) is 2.30. The normalized spacial score (nSPS) is 20.0. The molecule has 0 saturated carbocycles. The molecule has 1 atom stereocenters. The van der Waals surface area contributed by atoms with E-state index < -0.39 is 0 Å². The second-order valence-electron chi connectivity index (χ2n) is 9.96. The highest BCUT2D eigenvalue weighted by molar-refractivity contribution is 5.79. The van der Waals surface area contributed by atoms with Crippen molar-refractivity contribution in [2.24, 2.45) is 5.92 Å². The van der Waals surface area contributed by atoms with Crippen molar-refractivity contribution >= 4 is 5.91 Å². The molecule has 1 aromatic heterocycles. The first kappa shape index (κ1) is 23.4. The maximum Gasteiger partial charge on any atom is 0.241 e. The van der Waals surface area contributed by atoms with Crippen molar-refractivity contribution in [3.05, 3.63) is 60.0 Å². The van der Waals surface area contributed by atoms with Crippen molar-refractivity contribution in [1.29, 1.82) is 0 Å². The number of ether oxygens (including phenoxy) is 2. The number of carbonyl (C=O) groups is 1. The number of piperidine rings is 1. The van der Waals surface area contributed by atoms with Gasteiger partial charge in [0.05, 0.1) is 19.7 Å². The zero-order valence-corrected chi connectivity index (χ0v) is 20.5. The number of nitrogens with one attached hydrogen (secondary N) is 1. The van der Waals surface area contributed by atoms with Crippen LogP contribution >= 0.6 is 0 Å². The Morgan fingerprint density at radius 3 is 2.69 bits per heavy atom. The van der Waals surface area contributed by atoms with Crippen LogP contribution in [-0.2, 0) is 11.3 Å². The SMILES string of the molecule is COc1ccc2c(c1)C(NC(=O)C1CCN(Cc3nc(-c4ccccc4)no3)CC1)CC(C)(C)O2. The molecule has 1 unspecified atom stereocenters. The second kappa shape index (κ2) is 9.70. The van der Waals surface area contributed by atoms with Gasteiger partial charge in [0.25, 0.3) is 0 Å². The maximum absolute atomic E-state index is 13.2. The van der Waals surface area contributed by atoms with E-state index >= 15 is 0 Å². The summed E-state index contributed by atoms with van der Waals surface area (Å²) in [5.41, 5.74) is 1.56. The van der Waals surface area contributed by atoms with Gasteiger partial charge in [0.15, 0.2) is 0 Å². The van der Waals surface area contributed by atoms with Gasteiger partial charge in [-0.25, -0.2) is 0 Å². The zero-order chi connectivity index (χ0) is 24.4. The van der Waals surface area contributed by atoms with Crippen LogP contribution in [0, 0.1) is 5.92 Å². The molecule has 1 N–H and O–H groups in total. The molecule has 0 bridgehead atoms. The fourth-order valence-corrected chi connectivity index (χ4v) is 4.95. The first-order valence-corrected chi connectivity index (χ1v) is 12.2. The minimum Gasteiger partial charge on any atom is -0.497 e. The monoisotopic (exact) mass is 476 g/mol. The van der Waals surface area contributed by atoms with Gasteiger partial charge in [-0.1, -0.05) is 35.5 Å². The van der Waals surface area contributed by atoms with Crippen LogP contribution in [0.1, 0.15) is 50.6 Å². The van der Waals surface area contributed by atoms with E-state index in [1.807, 2.05) is 48.5 Å². The highest BCUT2D eigenvalue weighted by atomic mass is 16.5. The molecule has 3 aromatic rings. The zero-order valence-electron chi connectivity index (χ0n) is 20.5. The topological polar surface area (TPSA) is 89.7 Å². The molecule has 8 nitrogen and oxygen atoms in total. The van der Waals surface area contributed by atoms with Gasteiger partial charge in [0, 0.05) is 23.5 Å². The molecule has 1 saturated heterocycles. The van der Waals surface area contributed by atoms with E-state index in [-0.39, 0.29) is 23.5 Å². The molecule has 2 aliphatic rings. The Balaban J connectivity index is 1.18.